The van der Waals surface area contributed by atoms with Gasteiger partial charge in [0, 0.05) is 12.1 Å². The highest BCUT2D eigenvalue weighted by molar-refractivity contribution is 6.17. The van der Waals surface area contributed by atoms with E-state index in [1.165, 1.54) is 7.11 Å². The van der Waals surface area contributed by atoms with Gasteiger partial charge in [0.2, 0.25) is 5.82 Å². The number of ether oxygens (including phenoxy) is 1. The molecule has 1 aromatic rings. The molecule has 0 aliphatic carbocycles. The van der Waals surface area contributed by atoms with E-state index in [9.17, 15) is 24.1 Å². The molecule has 1 heterocycles. The fraction of sp³-hybridized carbons (Fsp3) is 0.231. The van der Waals surface area contributed by atoms with Crippen molar-refractivity contribution in [3.05, 3.63) is 39.8 Å². The van der Waals surface area contributed by atoms with Crippen LogP contribution in [-0.4, -0.2) is 47.0 Å². The molecule has 0 aromatic heterocycles. The number of carbonyl (C=O) groups excluding carboxylic acids is 2. The maximum atomic E-state index is 13.7. The molecule has 0 bridgehead atoms. The zero-order valence-corrected chi connectivity index (χ0v) is 11.9. The second kappa shape index (κ2) is 6.40. The molecular formula is C13H12FN3O6. The fourth-order valence-electron chi connectivity index (χ4n) is 2.00. The zero-order chi connectivity index (χ0) is 17.1. The van der Waals surface area contributed by atoms with Crippen molar-refractivity contribution in [2.24, 2.45) is 0 Å². The average molecular weight is 325 g/mol. The van der Waals surface area contributed by atoms with E-state index in [0.29, 0.717) is 0 Å². The first kappa shape index (κ1) is 16.4. The predicted molar refractivity (Wildman–Crippen MR) is 75.1 cm³/mol. The summed E-state index contributed by atoms with van der Waals surface area (Å²) in [5.74, 6) is -2.53. The van der Waals surface area contributed by atoms with Crippen LogP contribution in [0.1, 0.15) is 0 Å². The summed E-state index contributed by atoms with van der Waals surface area (Å²) in [4.78, 5) is 34.2. The maximum absolute atomic E-state index is 13.7. The third kappa shape index (κ3) is 3.11. The van der Waals surface area contributed by atoms with Crippen molar-refractivity contribution in [2.45, 2.75) is 0 Å². The highest BCUT2D eigenvalue weighted by Crippen LogP contribution is 2.33. The molecule has 0 saturated carbocycles. The molecule has 0 atom stereocenters. The number of imide groups is 1. The van der Waals surface area contributed by atoms with E-state index in [0.717, 1.165) is 23.1 Å². The Morgan fingerprint density at radius 3 is 2.70 bits per heavy atom. The van der Waals surface area contributed by atoms with Crippen molar-refractivity contribution in [3.8, 4) is 5.75 Å². The molecule has 0 saturated heterocycles. The van der Waals surface area contributed by atoms with Gasteiger partial charge >= 0.3 is 5.69 Å². The highest BCUT2D eigenvalue weighted by Gasteiger charge is 2.31. The lowest BCUT2D eigenvalue weighted by molar-refractivity contribution is -0.387. The molecule has 0 radical (unpaired) electrons. The summed E-state index contributed by atoms with van der Waals surface area (Å²) in [6.45, 7) is -0.570. The van der Waals surface area contributed by atoms with Gasteiger partial charge in [-0.3, -0.25) is 24.6 Å². The molecule has 9 nitrogen and oxygen atoms in total. The Kier molecular flexibility index (Phi) is 4.55. The molecule has 1 aromatic carbocycles. The van der Waals surface area contributed by atoms with Gasteiger partial charge in [-0.05, 0) is 0 Å². The first-order valence-corrected chi connectivity index (χ1v) is 6.36. The first-order valence-electron chi connectivity index (χ1n) is 6.36. The van der Waals surface area contributed by atoms with E-state index < -0.39 is 34.8 Å². The van der Waals surface area contributed by atoms with Gasteiger partial charge in [-0.1, -0.05) is 0 Å². The molecule has 0 unspecified atom stereocenters. The second-order valence-electron chi connectivity index (χ2n) is 4.46. The monoisotopic (exact) mass is 325 g/mol. The highest BCUT2D eigenvalue weighted by atomic mass is 19.1. The molecule has 0 spiro atoms. The molecule has 23 heavy (non-hydrogen) atoms. The van der Waals surface area contributed by atoms with Crippen molar-refractivity contribution < 1.29 is 28.7 Å². The van der Waals surface area contributed by atoms with E-state index in [4.69, 9.17) is 9.84 Å². The van der Waals surface area contributed by atoms with Gasteiger partial charge in [-0.2, -0.15) is 4.39 Å². The number of carbonyl (C=O) groups is 2. The molecule has 2 amide bonds. The number of β-amino-alcohol motifs (C(OH)–C–C–N with tert-alkyl or cyclic N) is 1. The number of amides is 2. The van der Waals surface area contributed by atoms with Crippen LogP contribution in [0.25, 0.3) is 0 Å². The Bertz CT molecular complexity index is 718. The quantitative estimate of drug-likeness (QED) is 0.441. The standard InChI is InChI=1S/C13H12FN3O6/c1-23-11-6-10(17(21)22)7(14)4-8(11)15-9-5-12(19)16(2-3-18)13(9)20/h4-6,15,18H,2-3H2,1H3. The topological polar surface area (TPSA) is 122 Å². The Hall–Kier alpha value is -3.01. The molecular weight excluding hydrogens is 313 g/mol. The Labute approximate surface area is 129 Å². The van der Waals surface area contributed by atoms with Crippen LogP contribution in [0.15, 0.2) is 23.9 Å². The number of anilines is 1. The number of hydrogen-bond donors (Lipinski definition) is 2. The van der Waals surface area contributed by atoms with Crippen molar-refractivity contribution in [1.29, 1.82) is 0 Å². The number of nitrogens with one attached hydrogen (secondary N) is 1. The van der Waals surface area contributed by atoms with Gasteiger partial charge in [0.05, 0.1) is 36.9 Å². The molecule has 2 N–H and O–H groups in total. The Morgan fingerprint density at radius 1 is 1.43 bits per heavy atom. The average Bonchev–Trinajstić information content (AvgIpc) is 2.75. The number of nitro groups is 1. The van der Waals surface area contributed by atoms with Gasteiger partial charge < -0.3 is 15.2 Å². The summed E-state index contributed by atoms with van der Waals surface area (Å²) in [5, 5.41) is 22.0. The molecule has 1 aliphatic rings. The number of methoxy groups -OCH3 is 1. The third-order valence-corrected chi connectivity index (χ3v) is 3.07. The van der Waals surface area contributed by atoms with E-state index in [2.05, 4.69) is 5.32 Å². The summed E-state index contributed by atoms with van der Waals surface area (Å²) in [5.41, 5.74) is -0.985. The van der Waals surface area contributed by atoms with Crippen LogP contribution >= 0.6 is 0 Å². The number of hydrogen-bond acceptors (Lipinski definition) is 7. The summed E-state index contributed by atoms with van der Waals surface area (Å²) in [7, 11) is 1.22. The van der Waals surface area contributed by atoms with Crippen molar-refractivity contribution in [3.63, 3.8) is 0 Å². The number of aliphatic hydroxyl groups is 1. The fourth-order valence-corrected chi connectivity index (χ4v) is 2.00. The van der Waals surface area contributed by atoms with E-state index in [1.54, 1.807) is 0 Å². The number of nitrogens with zero attached hydrogens (tertiary/aromatic N) is 2. The molecule has 10 heteroatoms. The third-order valence-electron chi connectivity index (χ3n) is 3.07. The number of aliphatic hydroxyl groups excluding tert-OH is 1. The van der Waals surface area contributed by atoms with Crippen LogP contribution in [-0.2, 0) is 9.59 Å². The van der Waals surface area contributed by atoms with Gasteiger partial charge in [0.15, 0.2) is 0 Å². The number of halogens is 1. The van der Waals surface area contributed by atoms with Crippen LogP contribution in [0.5, 0.6) is 5.75 Å². The van der Waals surface area contributed by atoms with Crippen LogP contribution in [0.3, 0.4) is 0 Å². The predicted octanol–water partition coefficient (Wildman–Crippen LogP) is 0.399. The van der Waals surface area contributed by atoms with Crippen LogP contribution in [0, 0.1) is 15.9 Å². The Morgan fingerprint density at radius 2 is 2.13 bits per heavy atom. The van der Waals surface area contributed by atoms with Crippen molar-refractivity contribution >= 4 is 23.2 Å². The van der Waals surface area contributed by atoms with Crippen molar-refractivity contribution in [1.82, 2.24) is 4.90 Å². The van der Waals surface area contributed by atoms with Crippen LogP contribution in [0.4, 0.5) is 15.8 Å². The summed E-state index contributed by atoms with van der Waals surface area (Å²) < 4.78 is 18.6. The normalized spacial score (nSPS) is 14.0. The van der Waals surface area contributed by atoms with Crippen LogP contribution in [0.2, 0.25) is 0 Å². The number of benzene rings is 1. The molecule has 2 rings (SSSR count). The van der Waals surface area contributed by atoms with E-state index in [-0.39, 0.29) is 23.7 Å². The van der Waals surface area contributed by atoms with Gasteiger partial charge in [-0.25, -0.2) is 0 Å². The zero-order valence-electron chi connectivity index (χ0n) is 11.9. The lowest BCUT2D eigenvalue weighted by Gasteiger charge is -2.14. The lowest BCUT2D eigenvalue weighted by Crippen LogP contribution is -2.34. The van der Waals surface area contributed by atoms with E-state index >= 15 is 0 Å². The Balaban J connectivity index is 2.32. The summed E-state index contributed by atoms with van der Waals surface area (Å²) in [6, 6.07) is 1.66. The number of rotatable bonds is 6. The smallest absolute Gasteiger partial charge is 0.308 e. The van der Waals surface area contributed by atoms with Gasteiger partial charge in [-0.15, -0.1) is 0 Å². The molecule has 122 valence electrons. The largest absolute Gasteiger partial charge is 0.494 e. The number of nitro benzene ring substituents is 1. The second-order valence-corrected chi connectivity index (χ2v) is 4.46. The summed E-state index contributed by atoms with van der Waals surface area (Å²) >= 11 is 0. The van der Waals surface area contributed by atoms with Gasteiger partial charge in [0.1, 0.15) is 11.4 Å². The van der Waals surface area contributed by atoms with E-state index in [1.807, 2.05) is 0 Å². The lowest BCUT2D eigenvalue weighted by atomic mass is 10.2. The first-order chi connectivity index (χ1) is 10.9. The van der Waals surface area contributed by atoms with Crippen molar-refractivity contribution in [2.75, 3.05) is 25.6 Å². The minimum Gasteiger partial charge on any atom is -0.494 e. The van der Waals surface area contributed by atoms with Gasteiger partial charge in [0.25, 0.3) is 11.8 Å². The van der Waals surface area contributed by atoms with Crippen LogP contribution < -0.4 is 10.1 Å². The molecule has 0 fully saturated rings. The molecule has 1 aliphatic heterocycles. The minimum absolute atomic E-state index is 0.0474. The summed E-state index contributed by atoms with van der Waals surface area (Å²) in [6.07, 6.45) is 0.983. The SMILES string of the molecule is COc1cc([N+](=O)[O-])c(F)cc1NC1=CC(=O)N(CCO)C1=O. The minimum atomic E-state index is -1.12. The maximum Gasteiger partial charge on any atom is 0.308 e.